The molecule has 0 aliphatic rings. The molecule has 3 aromatic rings. The molecule has 9 heteroatoms. The first-order valence-corrected chi connectivity index (χ1v) is 8.92. The third-order valence-electron chi connectivity index (χ3n) is 3.86. The lowest BCUT2D eigenvalue weighted by Gasteiger charge is -2.16. The molecule has 2 heterocycles. The van der Waals surface area contributed by atoms with E-state index in [9.17, 15) is 4.79 Å². The zero-order valence-electron chi connectivity index (χ0n) is 14.0. The van der Waals surface area contributed by atoms with Crippen LogP contribution in [0.1, 0.15) is 23.1 Å². The molecule has 0 spiro atoms. The largest absolute Gasteiger partial charge is 0.355 e. The van der Waals surface area contributed by atoms with Gasteiger partial charge in [0.05, 0.1) is 28.5 Å². The highest BCUT2D eigenvalue weighted by atomic mass is 35.5. The maximum Gasteiger partial charge on any atom is 0.276 e. The summed E-state index contributed by atoms with van der Waals surface area (Å²) in [5, 5.41) is 9.47. The Morgan fingerprint density at radius 2 is 2.00 bits per heavy atom. The molecule has 136 valence electrons. The Hall–Kier alpha value is -2.02. The average Bonchev–Trinajstić information content (AvgIpc) is 3.22. The van der Waals surface area contributed by atoms with Crippen molar-refractivity contribution in [2.75, 3.05) is 7.05 Å². The number of benzene rings is 1. The van der Waals surface area contributed by atoms with Gasteiger partial charge < -0.3 is 9.42 Å². The predicted molar refractivity (Wildman–Crippen MR) is 101 cm³/mol. The Bertz CT molecular complexity index is 951. The van der Waals surface area contributed by atoms with Crippen LogP contribution in [0, 0.1) is 0 Å². The predicted octanol–water partition coefficient (Wildman–Crippen LogP) is 4.79. The molecule has 0 bridgehead atoms. The fourth-order valence-electron chi connectivity index (χ4n) is 2.50. The second-order valence-electron chi connectivity index (χ2n) is 5.62. The van der Waals surface area contributed by atoms with Crippen LogP contribution < -0.4 is 0 Å². The second kappa shape index (κ2) is 7.70. The van der Waals surface area contributed by atoms with E-state index in [0.29, 0.717) is 39.5 Å². The molecular weight excluding hydrogens is 399 g/mol. The van der Waals surface area contributed by atoms with E-state index >= 15 is 0 Å². The molecule has 0 fully saturated rings. The zero-order valence-corrected chi connectivity index (χ0v) is 16.3. The minimum atomic E-state index is -0.301. The molecule has 3 rings (SSSR count). The van der Waals surface area contributed by atoms with Gasteiger partial charge in [-0.25, -0.2) is 0 Å². The Morgan fingerprint density at radius 1 is 1.23 bits per heavy atom. The normalized spacial score (nSPS) is 11.0. The van der Waals surface area contributed by atoms with Gasteiger partial charge in [-0.2, -0.15) is 5.10 Å². The van der Waals surface area contributed by atoms with Crippen molar-refractivity contribution in [3.63, 3.8) is 0 Å². The summed E-state index contributed by atoms with van der Waals surface area (Å²) >= 11 is 18.2. The SMILES string of the molecule is CCn1ncc(Cl)c1CN(C)C(=O)c1cc(-c2ccc(Cl)cc2Cl)on1. The lowest BCUT2D eigenvalue weighted by molar-refractivity contribution is 0.0771. The molecular formula is C17H15Cl3N4O2. The van der Waals surface area contributed by atoms with Gasteiger partial charge in [0.1, 0.15) is 0 Å². The Morgan fingerprint density at radius 3 is 2.69 bits per heavy atom. The number of nitrogens with zero attached hydrogens (tertiary/aromatic N) is 4. The first-order chi connectivity index (χ1) is 12.4. The fraction of sp³-hybridized carbons (Fsp3) is 0.235. The standard InChI is InChI=1S/C17H15Cl3N4O2/c1-3-24-15(13(20)8-21-24)9-23(2)17(25)14-7-16(26-22-14)11-5-4-10(18)6-12(11)19/h4-8H,3,9H2,1-2H3. The van der Waals surface area contributed by atoms with Crippen molar-refractivity contribution in [1.82, 2.24) is 19.8 Å². The molecule has 0 N–H and O–H groups in total. The van der Waals surface area contributed by atoms with E-state index in [-0.39, 0.29) is 11.6 Å². The molecule has 0 unspecified atom stereocenters. The molecule has 0 aliphatic carbocycles. The smallest absolute Gasteiger partial charge is 0.276 e. The molecule has 2 aromatic heterocycles. The summed E-state index contributed by atoms with van der Waals surface area (Å²) in [6.45, 7) is 2.91. The third-order valence-corrected chi connectivity index (χ3v) is 4.72. The second-order valence-corrected chi connectivity index (χ2v) is 6.87. The van der Waals surface area contributed by atoms with Crippen LogP contribution in [0.5, 0.6) is 0 Å². The molecule has 0 saturated carbocycles. The van der Waals surface area contributed by atoms with E-state index in [4.69, 9.17) is 39.3 Å². The molecule has 1 amide bonds. The van der Waals surface area contributed by atoms with Crippen LogP contribution in [0.15, 0.2) is 35.0 Å². The fourth-order valence-corrected chi connectivity index (χ4v) is 3.20. The van der Waals surface area contributed by atoms with E-state index in [1.54, 1.807) is 42.2 Å². The summed E-state index contributed by atoms with van der Waals surface area (Å²) in [7, 11) is 1.66. The van der Waals surface area contributed by atoms with Gasteiger partial charge in [-0.15, -0.1) is 0 Å². The number of halogens is 3. The number of aryl methyl sites for hydroxylation is 1. The van der Waals surface area contributed by atoms with E-state index in [1.807, 2.05) is 6.92 Å². The van der Waals surface area contributed by atoms with Crippen molar-refractivity contribution in [1.29, 1.82) is 0 Å². The minimum absolute atomic E-state index is 0.173. The number of carbonyl (C=O) groups is 1. The van der Waals surface area contributed by atoms with Gasteiger partial charge in [-0.1, -0.05) is 40.0 Å². The van der Waals surface area contributed by atoms with Crippen LogP contribution in [-0.4, -0.2) is 32.8 Å². The van der Waals surface area contributed by atoms with E-state index in [0.717, 1.165) is 5.69 Å². The summed E-state index contributed by atoms with van der Waals surface area (Å²) in [4.78, 5) is 14.1. The van der Waals surface area contributed by atoms with Crippen LogP contribution in [0.25, 0.3) is 11.3 Å². The highest BCUT2D eigenvalue weighted by Crippen LogP contribution is 2.31. The van der Waals surface area contributed by atoms with Crippen LogP contribution in [-0.2, 0) is 13.1 Å². The molecule has 1 aromatic carbocycles. The molecule has 0 aliphatic heterocycles. The van der Waals surface area contributed by atoms with Crippen molar-refractivity contribution in [2.24, 2.45) is 0 Å². The van der Waals surface area contributed by atoms with Crippen molar-refractivity contribution in [3.8, 4) is 11.3 Å². The van der Waals surface area contributed by atoms with Gasteiger partial charge in [-0.3, -0.25) is 9.48 Å². The molecule has 6 nitrogen and oxygen atoms in total. The van der Waals surface area contributed by atoms with E-state index in [2.05, 4.69) is 10.3 Å². The monoisotopic (exact) mass is 412 g/mol. The minimum Gasteiger partial charge on any atom is -0.355 e. The average molecular weight is 414 g/mol. The van der Waals surface area contributed by atoms with Gasteiger partial charge in [-0.05, 0) is 25.1 Å². The molecule has 0 atom stereocenters. The van der Waals surface area contributed by atoms with Gasteiger partial charge in [0.2, 0.25) is 0 Å². The van der Waals surface area contributed by atoms with E-state index in [1.165, 1.54) is 4.90 Å². The van der Waals surface area contributed by atoms with E-state index < -0.39 is 0 Å². The third kappa shape index (κ3) is 3.72. The van der Waals surface area contributed by atoms with Crippen LogP contribution in [0.2, 0.25) is 15.1 Å². The van der Waals surface area contributed by atoms with Crippen molar-refractivity contribution in [3.05, 3.63) is 56.9 Å². The zero-order chi connectivity index (χ0) is 18.8. The number of aromatic nitrogens is 3. The lowest BCUT2D eigenvalue weighted by Crippen LogP contribution is -2.27. The highest BCUT2D eigenvalue weighted by molar-refractivity contribution is 6.36. The Kier molecular flexibility index (Phi) is 5.55. The van der Waals surface area contributed by atoms with Crippen molar-refractivity contribution >= 4 is 40.7 Å². The van der Waals surface area contributed by atoms with Crippen LogP contribution in [0.3, 0.4) is 0 Å². The highest BCUT2D eigenvalue weighted by Gasteiger charge is 2.21. The topological polar surface area (TPSA) is 64.2 Å². The number of carbonyl (C=O) groups excluding carboxylic acids is 1. The number of hydrogen-bond acceptors (Lipinski definition) is 4. The van der Waals surface area contributed by atoms with Crippen LogP contribution in [0.4, 0.5) is 0 Å². The number of amides is 1. The Labute approximate surface area is 165 Å². The van der Waals surface area contributed by atoms with Gasteiger partial charge in [0.25, 0.3) is 5.91 Å². The quantitative estimate of drug-likeness (QED) is 0.603. The van der Waals surface area contributed by atoms with Gasteiger partial charge in [0, 0.05) is 30.2 Å². The summed E-state index contributed by atoms with van der Waals surface area (Å²) in [5.41, 5.74) is 1.54. The summed E-state index contributed by atoms with van der Waals surface area (Å²) in [6, 6.07) is 6.55. The lowest BCUT2D eigenvalue weighted by atomic mass is 10.1. The number of hydrogen-bond donors (Lipinski definition) is 0. The number of rotatable bonds is 5. The van der Waals surface area contributed by atoms with Crippen molar-refractivity contribution < 1.29 is 9.32 Å². The first kappa shape index (κ1) is 18.8. The van der Waals surface area contributed by atoms with Gasteiger partial charge >= 0.3 is 0 Å². The summed E-state index contributed by atoms with van der Waals surface area (Å²) in [5.74, 6) is 0.0880. The van der Waals surface area contributed by atoms with Gasteiger partial charge in [0.15, 0.2) is 11.5 Å². The van der Waals surface area contributed by atoms with Crippen LogP contribution >= 0.6 is 34.8 Å². The summed E-state index contributed by atoms with van der Waals surface area (Å²) < 4.78 is 7.02. The molecule has 26 heavy (non-hydrogen) atoms. The maximum absolute atomic E-state index is 12.6. The molecule has 0 radical (unpaired) electrons. The summed E-state index contributed by atoms with van der Waals surface area (Å²) in [6.07, 6.45) is 1.56. The first-order valence-electron chi connectivity index (χ1n) is 7.78. The maximum atomic E-state index is 12.6. The molecule has 0 saturated heterocycles. The van der Waals surface area contributed by atoms with Crippen molar-refractivity contribution in [2.45, 2.75) is 20.0 Å². The Balaban J connectivity index is 1.80.